The van der Waals surface area contributed by atoms with Crippen LogP contribution in [-0.4, -0.2) is 52.0 Å². The second-order valence-corrected chi connectivity index (χ2v) is 9.35. The number of fused-ring (bicyclic) bond motifs is 3. The van der Waals surface area contributed by atoms with Crippen molar-refractivity contribution in [3.8, 4) is 0 Å². The molecule has 0 bridgehead atoms. The highest BCUT2D eigenvalue weighted by Crippen LogP contribution is 2.41. The van der Waals surface area contributed by atoms with Crippen molar-refractivity contribution >= 4 is 22.9 Å². The molecule has 1 fully saturated rings. The van der Waals surface area contributed by atoms with Gasteiger partial charge in [-0.3, -0.25) is 4.79 Å². The zero-order valence-corrected chi connectivity index (χ0v) is 18.2. The largest absolute Gasteiger partial charge is 0.465 e. The number of amides is 2. The Hall–Kier alpha value is -2.50. The van der Waals surface area contributed by atoms with Crippen LogP contribution in [0, 0.1) is 17.8 Å². The zero-order chi connectivity index (χ0) is 21.4. The third-order valence-corrected chi connectivity index (χ3v) is 7.06. The number of nitrogens with zero attached hydrogens (tertiary/aromatic N) is 2. The van der Waals surface area contributed by atoms with E-state index in [1.165, 1.54) is 21.5 Å². The van der Waals surface area contributed by atoms with Gasteiger partial charge in [0.05, 0.1) is 6.04 Å². The fourth-order valence-electron chi connectivity index (χ4n) is 5.60. The van der Waals surface area contributed by atoms with E-state index in [-0.39, 0.29) is 23.8 Å². The van der Waals surface area contributed by atoms with Crippen molar-refractivity contribution in [3.05, 3.63) is 35.5 Å². The summed E-state index contributed by atoms with van der Waals surface area (Å²) in [5.74, 6) is 0.517. The molecule has 2 heterocycles. The number of benzene rings is 1. The lowest BCUT2D eigenvalue weighted by Crippen LogP contribution is -2.48. The molecule has 6 heteroatoms. The van der Waals surface area contributed by atoms with Gasteiger partial charge in [-0.1, -0.05) is 44.9 Å². The van der Waals surface area contributed by atoms with Gasteiger partial charge in [0.25, 0.3) is 0 Å². The fraction of sp³-hybridized carbons (Fsp3) is 0.583. The van der Waals surface area contributed by atoms with Crippen LogP contribution in [-0.2, 0) is 11.2 Å². The standard InChI is InChI=1S/C24H33N3O3/c1-15(2)22-21-19(18-10-6-7-11-20(18)25-21)12-13-27(22)23(28)17-9-5-4-8-16(17)14-26(3)24(29)30/h6-7,10-11,15-17,22,25H,4-5,8-9,12-14H2,1-3H3,(H,29,30). The first-order valence-corrected chi connectivity index (χ1v) is 11.2. The number of para-hydroxylation sites is 1. The molecule has 6 nitrogen and oxygen atoms in total. The van der Waals surface area contributed by atoms with E-state index in [1.807, 2.05) is 6.07 Å². The number of carboxylic acid groups (broad SMARTS) is 1. The Labute approximate surface area is 178 Å². The van der Waals surface area contributed by atoms with Crippen LogP contribution in [0.1, 0.15) is 56.8 Å². The minimum Gasteiger partial charge on any atom is -0.465 e. The van der Waals surface area contributed by atoms with E-state index in [9.17, 15) is 14.7 Å². The van der Waals surface area contributed by atoms with E-state index in [0.29, 0.717) is 12.5 Å². The highest BCUT2D eigenvalue weighted by atomic mass is 16.4. The summed E-state index contributed by atoms with van der Waals surface area (Å²) in [4.78, 5) is 32.2. The number of nitrogens with one attached hydrogen (secondary N) is 1. The molecule has 1 saturated carbocycles. The molecule has 162 valence electrons. The van der Waals surface area contributed by atoms with Gasteiger partial charge >= 0.3 is 6.09 Å². The van der Waals surface area contributed by atoms with E-state index in [1.54, 1.807) is 7.05 Å². The number of aromatic nitrogens is 1. The summed E-state index contributed by atoms with van der Waals surface area (Å²) in [5.41, 5.74) is 3.67. The maximum Gasteiger partial charge on any atom is 0.407 e. The van der Waals surface area contributed by atoms with Gasteiger partial charge in [0, 0.05) is 42.7 Å². The summed E-state index contributed by atoms with van der Waals surface area (Å²) in [6.07, 6.45) is 3.83. The van der Waals surface area contributed by atoms with Gasteiger partial charge in [0.15, 0.2) is 0 Å². The molecule has 0 radical (unpaired) electrons. The molecule has 2 N–H and O–H groups in total. The zero-order valence-electron chi connectivity index (χ0n) is 18.2. The Kier molecular flexibility index (Phi) is 5.76. The summed E-state index contributed by atoms with van der Waals surface area (Å²) >= 11 is 0. The van der Waals surface area contributed by atoms with E-state index in [2.05, 4.69) is 41.9 Å². The van der Waals surface area contributed by atoms with Gasteiger partial charge in [-0.2, -0.15) is 0 Å². The van der Waals surface area contributed by atoms with Crippen molar-refractivity contribution < 1.29 is 14.7 Å². The Morgan fingerprint density at radius 3 is 2.70 bits per heavy atom. The molecular weight excluding hydrogens is 378 g/mol. The van der Waals surface area contributed by atoms with Crippen molar-refractivity contribution in [2.45, 2.75) is 52.0 Å². The number of carbonyl (C=O) groups is 2. The monoisotopic (exact) mass is 411 g/mol. The van der Waals surface area contributed by atoms with Crippen LogP contribution in [0.15, 0.2) is 24.3 Å². The molecule has 4 rings (SSSR count). The predicted octanol–water partition coefficient (Wildman–Crippen LogP) is 4.67. The van der Waals surface area contributed by atoms with Crippen molar-refractivity contribution in [1.82, 2.24) is 14.8 Å². The van der Waals surface area contributed by atoms with Crippen molar-refractivity contribution in [3.63, 3.8) is 0 Å². The van der Waals surface area contributed by atoms with Crippen molar-refractivity contribution in [1.29, 1.82) is 0 Å². The summed E-state index contributed by atoms with van der Waals surface area (Å²) in [6, 6.07) is 8.43. The first-order valence-electron chi connectivity index (χ1n) is 11.2. The lowest BCUT2D eigenvalue weighted by Gasteiger charge is -2.42. The molecule has 1 aliphatic heterocycles. The minimum atomic E-state index is -0.924. The average molecular weight is 412 g/mol. The second-order valence-electron chi connectivity index (χ2n) is 9.35. The predicted molar refractivity (Wildman–Crippen MR) is 117 cm³/mol. The van der Waals surface area contributed by atoms with E-state index in [0.717, 1.165) is 44.2 Å². The Balaban J connectivity index is 1.63. The Morgan fingerprint density at radius 2 is 1.97 bits per heavy atom. The maximum atomic E-state index is 13.8. The van der Waals surface area contributed by atoms with Crippen LogP contribution >= 0.6 is 0 Å². The van der Waals surface area contributed by atoms with Crippen LogP contribution in [0.4, 0.5) is 4.79 Å². The first-order chi connectivity index (χ1) is 14.4. The lowest BCUT2D eigenvalue weighted by molar-refractivity contribution is -0.143. The van der Waals surface area contributed by atoms with E-state index < -0.39 is 6.09 Å². The van der Waals surface area contributed by atoms with Crippen LogP contribution in [0.3, 0.4) is 0 Å². The molecule has 0 saturated heterocycles. The summed E-state index contributed by atoms with van der Waals surface area (Å²) in [7, 11) is 1.60. The van der Waals surface area contributed by atoms with Gasteiger partial charge in [-0.25, -0.2) is 4.79 Å². The van der Waals surface area contributed by atoms with Crippen molar-refractivity contribution in [2.24, 2.45) is 17.8 Å². The van der Waals surface area contributed by atoms with E-state index >= 15 is 0 Å². The Morgan fingerprint density at radius 1 is 1.23 bits per heavy atom. The number of hydrogen-bond acceptors (Lipinski definition) is 2. The summed E-state index contributed by atoms with van der Waals surface area (Å²) < 4.78 is 0. The average Bonchev–Trinajstić information content (AvgIpc) is 3.11. The van der Waals surface area contributed by atoms with Gasteiger partial charge in [-0.05, 0) is 42.7 Å². The molecule has 30 heavy (non-hydrogen) atoms. The van der Waals surface area contributed by atoms with Gasteiger partial charge in [-0.15, -0.1) is 0 Å². The van der Waals surface area contributed by atoms with Crippen LogP contribution in [0.25, 0.3) is 10.9 Å². The molecule has 2 aliphatic rings. The molecule has 1 aromatic heterocycles. The maximum absolute atomic E-state index is 13.8. The SMILES string of the molecule is CC(C)C1c2[nH]c3ccccc3c2CCN1C(=O)C1CCCCC1CN(C)C(=O)O. The smallest absolute Gasteiger partial charge is 0.407 e. The normalized spacial score (nSPS) is 24.1. The lowest BCUT2D eigenvalue weighted by atomic mass is 9.77. The van der Waals surface area contributed by atoms with Crippen LogP contribution in [0.2, 0.25) is 0 Å². The molecule has 2 amide bonds. The first kappa shape index (κ1) is 20.8. The van der Waals surface area contributed by atoms with Crippen molar-refractivity contribution in [2.75, 3.05) is 20.1 Å². The molecule has 1 aromatic carbocycles. The quantitative estimate of drug-likeness (QED) is 0.768. The third kappa shape index (κ3) is 3.68. The highest BCUT2D eigenvalue weighted by Gasteiger charge is 2.41. The Bertz CT molecular complexity index is 935. The van der Waals surface area contributed by atoms with Gasteiger partial charge in [0.1, 0.15) is 0 Å². The molecule has 0 spiro atoms. The highest BCUT2D eigenvalue weighted by molar-refractivity contribution is 5.86. The van der Waals surface area contributed by atoms with Gasteiger partial charge < -0.3 is 19.9 Å². The number of rotatable bonds is 4. The second kappa shape index (κ2) is 8.32. The number of aromatic amines is 1. The number of hydrogen-bond donors (Lipinski definition) is 2. The fourth-order valence-corrected chi connectivity index (χ4v) is 5.60. The van der Waals surface area contributed by atoms with Crippen LogP contribution < -0.4 is 0 Å². The van der Waals surface area contributed by atoms with Gasteiger partial charge in [0.2, 0.25) is 5.91 Å². The molecule has 1 aliphatic carbocycles. The molecule has 2 aromatic rings. The summed E-state index contributed by atoms with van der Waals surface area (Å²) in [6.45, 7) is 5.53. The molecule has 3 unspecified atom stereocenters. The number of H-pyrrole nitrogens is 1. The van der Waals surface area contributed by atoms with E-state index in [4.69, 9.17) is 0 Å². The molecule has 3 atom stereocenters. The summed E-state index contributed by atoms with van der Waals surface area (Å²) in [5, 5.41) is 10.6. The third-order valence-electron chi connectivity index (χ3n) is 7.06. The molecular formula is C24H33N3O3. The topological polar surface area (TPSA) is 76.6 Å². The number of carbonyl (C=O) groups excluding carboxylic acids is 1. The van der Waals surface area contributed by atoms with Crippen LogP contribution in [0.5, 0.6) is 0 Å². The minimum absolute atomic E-state index is 0.0356.